The number of nitrogens with zero attached hydrogens (tertiary/aromatic N) is 1. The maximum atomic E-state index is 11.3. The van der Waals surface area contributed by atoms with Crippen LogP contribution in [0.15, 0.2) is 30.6 Å². The lowest BCUT2D eigenvalue weighted by molar-refractivity contribution is -0.640. The molecule has 1 aromatic heterocycles. The minimum absolute atomic E-state index is 0.0209. The van der Waals surface area contributed by atoms with E-state index in [9.17, 15) is 9.59 Å². The van der Waals surface area contributed by atoms with Crippen molar-refractivity contribution >= 4 is 23.0 Å². The van der Waals surface area contributed by atoms with Gasteiger partial charge in [-0.25, -0.2) is 0 Å². The third-order valence-electron chi connectivity index (χ3n) is 1.56. The molecule has 0 aromatic carbocycles. The summed E-state index contributed by atoms with van der Waals surface area (Å²) in [6.07, 6.45) is 3.39. The molecule has 0 aliphatic heterocycles. The molecule has 0 aliphatic rings. The zero-order valence-corrected chi connectivity index (χ0v) is 9.70. The summed E-state index contributed by atoms with van der Waals surface area (Å²) in [4.78, 5) is 22.3. The maximum Gasteiger partial charge on any atom is 0.333 e. The van der Waals surface area contributed by atoms with Gasteiger partial charge in [0.25, 0.3) is 0 Å². The number of amides is 1. The summed E-state index contributed by atoms with van der Waals surface area (Å²) in [5, 5.41) is -0.302. The number of thioether (sulfide) groups is 1. The second-order valence-corrected chi connectivity index (χ2v) is 3.72. The predicted octanol–water partition coefficient (Wildman–Crippen LogP) is 0.934. The van der Waals surface area contributed by atoms with Gasteiger partial charge in [-0.1, -0.05) is 10.7 Å². The quantitative estimate of drug-likeness (QED) is 0.629. The van der Waals surface area contributed by atoms with E-state index in [4.69, 9.17) is 4.74 Å². The Balaban J connectivity index is 2.29. The molecule has 0 aliphatic carbocycles. The average molecular weight is 241 g/mol. The Hall–Kier alpha value is -1.56. The van der Waals surface area contributed by atoms with Crippen LogP contribution < -0.4 is 10.1 Å². The Morgan fingerprint density at radius 3 is 2.62 bits per heavy atom. The monoisotopic (exact) mass is 241 g/mol. The summed E-state index contributed by atoms with van der Waals surface area (Å²) in [5.41, 5.74) is 2.57. The van der Waals surface area contributed by atoms with E-state index in [1.807, 2.05) is 6.07 Å². The number of hydrogen-bond donors (Lipinski definition) is 1. The molecule has 0 fully saturated rings. The van der Waals surface area contributed by atoms with Crippen LogP contribution in [-0.4, -0.2) is 23.6 Å². The number of carbonyl (C=O) groups excluding carboxylic acids is 2. The van der Waals surface area contributed by atoms with Gasteiger partial charge in [-0.05, 0) is 18.7 Å². The predicted molar refractivity (Wildman–Crippen MR) is 60.5 cm³/mol. The number of aromatic nitrogens is 1. The standard InChI is InChI=1S/C10H12N2O3S/c1-2-15-9(13)8-16-10(14)11-12-6-4-3-5-7-12/h3-7H,2,8H2,1H3/p+1. The number of ether oxygens (including phenoxy) is 1. The van der Waals surface area contributed by atoms with Crippen LogP contribution in [0.5, 0.6) is 0 Å². The van der Waals surface area contributed by atoms with Crippen LogP contribution in [0.25, 0.3) is 0 Å². The van der Waals surface area contributed by atoms with E-state index in [1.165, 1.54) is 4.68 Å². The van der Waals surface area contributed by atoms with Gasteiger partial charge in [-0.3, -0.25) is 9.59 Å². The fraction of sp³-hybridized carbons (Fsp3) is 0.300. The van der Waals surface area contributed by atoms with Crippen molar-refractivity contribution in [3.63, 3.8) is 0 Å². The van der Waals surface area contributed by atoms with Crippen LogP contribution in [0.1, 0.15) is 6.92 Å². The van der Waals surface area contributed by atoms with Gasteiger partial charge in [0.15, 0.2) is 12.4 Å². The normalized spacial score (nSPS) is 9.56. The minimum Gasteiger partial charge on any atom is -0.465 e. The number of nitrogens with one attached hydrogen (secondary N) is 1. The molecule has 0 unspecified atom stereocenters. The highest BCUT2D eigenvalue weighted by molar-refractivity contribution is 8.14. The molecule has 1 aromatic rings. The molecule has 0 spiro atoms. The highest BCUT2D eigenvalue weighted by Gasteiger charge is 2.11. The zero-order valence-electron chi connectivity index (χ0n) is 8.88. The Labute approximate surface area is 97.8 Å². The first-order valence-corrected chi connectivity index (χ1v) is 5.76. The van der Waals surface area contributed by atoms with Crippen molar-refractivity contribution in [1.82, 2.24) is 0 Å². The van der Waals surface area contributed by atoms with Gasteiger partial charge >= 0.3 is 11.2 Å². The van der Waals surface area contributed by atoms with E-state index in [0.29, 0.717) is 6.61 Å². The second-order valence-electron chi connectivity index (χ2n) is 2.78. The largest absolute Gasteiger partial charge is 0.465 e. The molecule has 0 bridgehead atoms. The topological polar surface area (TPSA) is 59.3 Å². The number of esters is 1. The molecule has 1 rings (SSSR count). The SMILES string of the molecule is CCOC(=O)CSC(=O)N[n+]1ccccc1. The molecule has 86 valence electrons. The number of rotatable bonds is 4. The van der Waals surface area contributed by atoms with E-state index in [2.05, 4.69) is 5.43 Å². The lowest BCUT2D eigenvalue weighted by Gasteiger charge is -2.00. The van der Waals surface area contributed by atoms with Crippen LogP contribution >= 0.6 is 11.8 Å². The Kier molecular flexibility index (Phi) is 5.35. The summed E-state index contributed by atoms with van der Waals surface area (Å²) in [6, 6.07) is 5.42. The van der Waals surface area contributed by atoms with Gasteiger partial charge in [0, 0.05) is 12.1 Å². The van der Waals surface area contributed by atoms with Gasteiger partial charge in [0.1, 0.15) is 5.75 Å². The van der Waals surface area contributed by atoms with Crippen molar-refractivity contribution in [1.29, 1.82) is 0 Å². The van der Waals surface area contributed by atoms with Gasteiger partial charge in [-0.15, -0.1) is 5.43 Å². The molecule has 6 heteroatoms. The molecule has 0 radical (unpaired) electrons. The van der Waals surface area contributed by atoms with Crippen LogP contribution in [-0.2, 0) is 9.53 Å². The zero-order chi connectivity index (χ0) is 11.8. The van der Waals surface area contributed by atoms with Crippen LogP contribution in [0.3, 0.4) is 0 Å². The van der Waals surface area contributed by atoms with E-state index in [-0.39, 0.29) is 17.0 Å². The molecular weight excluding hydrogens is 228 g/mol. The van der Waals surface area contributed by atoms with Gasteiger partial charge in [-0.2, -0.15) is 0 Å². The fourth-order valence-electron chi connectivity index (χ4n) is 0.938. The number of carbonyl (C=O) groups is 2. The lowest BCUT2D eigenvalue weighted by atomic mass is 10.5. The van der Waals surface area contributed by atoms with Crippen LogP contribution in [0.2, 0.25) is 0 Å². The molecule has 0 atom stereocenters. The third-order valence-corrected chi connectivity index (χ3v) is 2.30. The summed E-state index contributed by atoms with van der Waals surface area (Å²) in [5.74, 6) is -0.367. The Morgan fingerprint density at radius 1 is 1.31 bits per heavy atom. The molecular formula is C10H13N2O3S+. The van der Waals surface area contributed by atoms with E-state index in [1.54, 1.807) is 31.5 Å². The summed E-state index contributed by atoms with van der Waals surface area (Å²) in [6.45, 7) is 2.05. The van der Waals surface area contributed by atoms with Crippen molar-refractivity contribution in [3.8, 4) is 0 Å². The maximum absolute atomic E-state index is 11.3. The smallest absolute Gasteiger partial charge is 0.333 e. The minimum atomic E-state index is -0.388. The lowest BCUT2D eigenvalue weighted by Crippen LogP contribution is -2.46. The van der Waals surface area contributed by atoms with E-state index < -0.39 is 0 Å². The van der Waals surface area contributed by atoms with Crippen molar-refractivity contribution in [2.45, 2.75) is 6.92 Å². The number of pyridine rings is 1. The summed E-state index contributed by atoms with van der Waals surface area (Å²) in [7, 11) is 0. The van der Waals surface area contributed by atoms with Gasteiger partial charge < -0.3 is 4.74 Å². The van der Waals surface area contributed by atoms with E-state index in [0.717, 1.165) is 11.8 Å². The first-order chi connectivity index (χ1) is 7.72. The Morgan fingerprint density at radius 2 is 2.00 bits per heavy atom. The van der Waals surface area contributed by atoms with Crippen molar-refractivity contribution in [2.24, 2.45) is 0 Å². The van der Waals surface area contributed by atoms with E-state index >= 15 is 0 Å². The van der Waals surface area contributed by atoms with Crippen molar-refractivity contribution < 1.29 is 19.0 Å². The van der Waals surface area contributed by atoms with Crippen molar-refractivity contribution in [3.05, 3.63) is 30.6 Å². The van der Waals surface area contributed by atoms with Crippen LogP contribution in [0, 0.1) is 0 Å². The molecule has 0 saturated carbocycles. The van der Waals surface area contributed by atoms with Gasteiger partial charge in [0.05, 0.1) is 6.61 Å². The highest BCUT2D eigenvalue weighted by Crippen LogP contribution is 2.01. The molecule has 1 amide bonds. The first kappa shape index (κ1) is 12.5. The van der Waals surface area contributed by atoms with Crippen molar-refractivity contribution in [2.75, 3.05) is 17.8 Å². The third kappa shape index (κ3) is 4.79. The first-order valence-electron chi connectivity index (χ1n) is 4.78. The summed E-state index contributed by atoms with van der Waals surface area (Å²) >= 11 is 0.874. The molecule has 16 heavy (non-hydrogen) atoms. The van der Waals surface area contributed by atoms with Crippen LogP contribution in [0.4, 0.5) is 4.79 Å². The summed E-state index contributed by atoms with van der Waals surface area (Å²) < 4.78 is 6.21. The second kappa shape index (κ2) is 6.84. The van der Waals surface area contributed by atoms with Gasteiger partial charge in [0.2, 0.25) is 0 Å². The highest BCUT2D eigenvalue weighted by atomic mass is 32.2. The molecule has 1 N–H and O–H groups in total. The molecule has 5 nitrogen and oxygen atoms in total. The molecule has 0 saturated heterocycles. The Bertz CT molecular complexity index is 356. The average Bonchev–Trinajstić information content (AvgIpc) is 2.28. The molecule has 1 heterocycles. The number of hydrogen-bond acceptors (Lipinski definition) is 4. The fourth-order valence-corrected chi connectivity index (χ4v) is 1.44.